The van der Waals surface area contributed by atoms with Gasteiger partial charge in [-0.3, -0.25) is 19.6 Å². The van der Waals surface area contributed by atoms with Crippen LogP contribution in [0.4, 0.5) is 13.2 Å². The maximum absolute atomic E-state index is 15.7. The first-order valence-corrected chi connectivity index (χ1v) is 15.6. The number of aryl methyl sites for hydroxylation is 1. The molecule has 9 nitrogen and oxygen atoms in total. The van der Waals surface area contributed by atoms with Crippen molar-refractivity contribution in [2.45, 2.75) is 71.5 Å². The Morgan fingerprint density at radius 1 is 1.25 bits per heavy atom. The van der Waals surface area contributed by atoms with E-state index in [1.165, 1.54) is 17.4 Å². The number of carboxylic acids is 1. The third-order valence-corrected chi connectivity index (χ3v) is 9.76. The summed E-state index contributed by atoms with van der Waals surface area (Å²) < 4.78 is 51.6. The summed E-state index contributed by atoms with van der Waals surface area (Å²) in [6.07, 6.45) is 0.706. The van der Waals surface area contributed by atoms with Crippen LogP contribution in [0.1, 0.15) is 61.5 Å². The standard InChI is InChI=1S/C31H38F3N5O4S/c1-6-43-28(40)23-21(14-39-16-31(33,34)25-22(39)10-12-38(25)13-11-30(4,5)29(41)42)36-26(27-35-17(2)15-44-27)37-24(23)19-8-7-9-20(32)18(19)3/h7-9,15,22,24-25H,6,10-14,16H2,1-5H3,(H,36,37)(H,41,42)/t22?,24-,25?/m0/s1. The van der Waals surface area contributed by atoms with Crippen molar-refractivity contribution in [2.75, 3.05) is 32.8 Å². The van der Waals surface area contributed by atoms with E-state index in [1.807, 2.05) is 12.3 Å². The molecule has 4 heterocycles. The van der Waals surface area contributed by atoms with Crippen LogP contribution >= 0.6 is 11.3 Å². The number of carboxylic acid groups (broad SMARTS) is 1. The first-order valence-electron chi connectivity index (χ1n) is 14.7. The number of nitrogens with zero attached hydrogens (tertiary/aromatic N) is 4. The summed E-state index contributed by atoms with van der Waals surface area (Å²) in [6.45, 7) is 8.50. The number of halogens is 3. The Morgan fingerprint density at radius 2 is 2.00 bits per heavy atom. The van der Waals surface area contributed by atoms with E-state index in [0.717, 1.165) is 5.69 Å². The second kappa shape index (κ2) is 12.2. The van der Waals surface area contributed by atoms with Crippen LogP contribution in [0.5, 0.6) is 0 Å². The number of aromatic nitrogens is 1. The molecule has 3 aliphatic rings. The lowest BCUT2D eigenvalue weighted by Crippen LogP contribution is -2.46. The average Bonchev–Trinajstić information content (AvgIpc) is 3.65. The number of aliphatic carboxylic acids is 1. The zero-order valence-corrected chi connectivity index (χ0v) is 26.3. The van der Waals surface area contributed by atoms with Gasteiger partial charge in [0.25, 0.3) is 5.92 Å². The minimum Gasteiger partial charge on any atom is -0.481 e. The molecule has 1 aromatic heterocycles. The number of amidine groups is 1. The van der Waals surface area contributed by atoms with E-state index in [-0.39, 0.29) is 31.7 Å². The van der Waals surface area contributed by atoms with Crippen LogP contribution in [0, 0.1) is 25.1 Å². The Labute approximate surface area is 258 Å². The predicted molar refractivity (Wildman–Crippen MR) is 160 cm³/mol. The number of carbonyl (C=O) groups excluding carboxylic acids is 1. The largest absolute Gasteiger partial charge is 0.481 e. The summed E-state index contributed by atoms with van der Waals surface area (Å²) in [5.74, 6) is -4.77. The Morgan fingerprint density at radius 3 is 2.66 bits per heavy atom. The minimum absolute atomic E-state index is 0.0202. The van der Waals surface area contributed by atoms with Crippen LogP contribution < -0.4 is 5.32 Å². The maximum Gasteiger partial charge on any atom is 0.338 e. The van der Waals surface area contributed by atoms with Gasteiger partial charge in [-0.05, 0) is 71.2 Å². The summed E-state index contributed by atoms with van der Waals surface area (Å²) >= 11 is 1.35. The molecule has 3 aliphatic heterocycles. The van der Waals surface area contributed by atoms with E-state index in [0.29, 0.717) is 40.6 Å². The number of nitrogens with one attached hydrogen (secondary N) is 1. The fourth-order valence-corrected chi connectivity index (χ4v) is 7.04. The summed E-state index contributed by atoms with van der Waals surface area (Å²) in [6, 6.07) is 2.03. The van der Waals surface area contributed by atoms with Gasteiger partial charge in [-0.1, -0.05) is 12.1 Å². The lowest BCUT2D eigenvalue weighted by atomic mass is 9.89. The summed E-state index contributed by atoms with van der Waals surface area (Å²) in [4.78, 5) is 37.9. The average molecular weight is 634 g/mol. The number of aliphatic imine (C=N–C) groups is 1. The van der Waals surface area contributed by atoms with Crippen molar-refractivity contribution in [2.24, 2.45) is 10.4 Å². The van der Waals surface area contributed by atoms with Gasteiger partial charge in [0.05, 0.1) is 30.2 Å². The van der Waals surface area contributed by atoms with E-state index in [9.17, 15) is 19.1 Å². The highest BCUT2D eigenvalue weighted by atomic mass is 32.1. The normalized spacial score (nSPS) is 23.8. The number of carbonyl (C=O) groups is 2. The van der Waals surface area contributed by atoms with Gasteiger partial charge in [-0.15, -0.1) is 11.3 Å². The molecule has 0 aliphatic carbocycles. The van der Waals surface area contributed by atoms with E-state index in [4.69, 9.17) is 9.73 Å². The lowest BCUT2D eigenvalue weighted by molar-refractivity contribution is -0.147. The van der Waals surface area contributed by atoms with Gasteiger partial charge in [0.2, 0.25) is 0 Å². The van der Waals surface area contributed by atoms with Crippen molar-refractivity contribution in [3.8, 4) is 0 Å². The van der Waals surface area contributed by atoms with E-state index < -0.39 is 53.8 Å². The van der Waals surface area contributed by atoms with Crippen LogP contribution in [-0.4, -0.2) is 88.5 Å². The minimum atomic E-state index is -3.06. The van der Waals surface area contributed by atoms with E-state index in [2.05, 4.69) is 10.3 Å². The number of thiazole rings is 1. The number of benzene rings is 1. The molecule has 0 spiro atoms. The zero-order valence-electron chi connectivity index (χ0n) is 25.5. The fourth-order valence-electron chi connectivity index (χ4n) is 6.29. The van der Waals surface area contributed by atoms with E-state index >= 15 is 8.78 Å². The monoisotopic (exact) mass is 633 g/mol. The molecule has 238 valence electrons. The molecule has 1 aromatic carbocycles. The number of likely N-dealkylation sites (tertiary alicyclic amines) is 2. The number of esters is 1. The molecule has 2 aromatic rings. The Balaban J connectivity index is 1.52. The molecule has 2 N–H and O–H groups in total. The van der Waals surface area contributed by atoms with Gasteiger partial charge < -0.3 is 15.2 Å². The molecular weight excluding hydrogens is 595 g/mol. The van der Waals surface area contributed by atoms with Crippen LogP contribution in [0.2, 0.25) is 0 Å². The molecule has 0 saturated carbocycles. The molecule has 0 bridgehead atoms. The van der Waals surface area contributed by atoms with Crippen molar-refractivity contribution in [3.63, 3.8) is 0 Å². The Kier molecular flexibility index (Phi) is 8.94. The molecule has 44 heavy (non-hydrogen) atoms. The van der Waals surface area contributed by atoms with Crippen LogP contribution in [-0.2, 0) is 14.3 Å². The maximum atomic E-state index is 15.7. The van der Waals surface area contributed by atoms with Crippen LogP contribution in [0.3, 0.4) is 0 Å². The van der Waals surface area contributed by atoms with Gasteiger partial charge in [0, 0.05) is 35.9 Å². The van der Waals surface area contributed by atoms with Crippen molar-refractivity contribution >= 4 is 29.1 Å². The third kappa shape index (κ3) is 6.14. The Bertz CT molecular complexity index is 1510. The number of hydrogen-bond donors (Lipinski definition) is 2. The number of alkyl halides is 2. The lowest BCUT2D eigenvalue weighted by Gasteiger charge is -2.31. The van der Waals surface area contributed by atoms with Crippen LogP contribution in [0.25, 0.3) is 0 Å². The first kappa shape index (κ1) is 32.1. The molecule has 13 heteroatoms. The summed E-state index contributed by atoms with van der Waals surface area (Å²) in [5, 5.41) is 15.2. The highest BCUT2D eigenvalue weighted by Gasteiger charge is 2.59. The molecule has 5 rings (SSSR count). The van der Waals surface area contributed by atoms with Gasteiger partial charge >= 0.3 is 11.9 Å². The second-order valence-corrected chi connectivity index (χ2v) is 13.2. The van der Waals surface area contributed by atoms with Gasteiger partial charge in [0.1, 0.15) is 11.9 Å². The SMILES string of the molecule is CCOC(=O)C1=C(CN2CC(F)(F)C3C2CCN3CCC(C)(C)C(=O)O)NC(c2nc(C)cs2)=N[C@H]1c1cccc(F)c1C. The molecule has 2 unspecified atom stereocenters. The topological polar surface area (TPSA) is 107 Å². The van der Waals surface area contributed by atoms with Gasteiger partial charge in [-0.2, -0.15) is 0 Å². The first-order chi connectivity index (χ1) is 20.7. The summed E-state index contributed by atoms with van der Waals surface area (Å²) in [7, 11) is 0. The second-order valence-electron chi connectivity index (χ2n) is 12.3. The van der Waals surface area contributed by atoms with Crippen molar-refractivity contribution in [1.29, 1.82) is 0 Å². The Hall–Kier alpha value is -3.29. The molecular formula is C31H38F3N5O4S. The molecule has 2 fully saturated rings. The number of rotatable bonds is 10. The molecule has 0 amide bonds. The fraction of sp³-hybridized carbons (Fsp3) is 0.548. The van der Waals surface area contributed by atoms with Crippen molar-refractivity contribution in [1.82, 2.24) is 20.1 Å². The van der Waals surface area contributed by atoms with Crippen molar-refractivity contribution < 1.29 is 32.6 Å². The summed E-state index contributed by atoms with van der Waals surface area (Å²) in [5.41, 5.74) is 1.02. The molecule has 0 radical (unpaired) electrons. The zero-order chi connectivity index (χ0) is 32.0. The molecule has 2 saturated heterocycles. The van der Waals surface area contributed by atoms with Gasteiger partial charge in [-0.25, -0.2) is 22.9 Å². The van der Waals surface area contributed by atoms with E-state index in [1.54, 1.807) is 49.6 Å². The smallest absolute Gasteiger partial charge is 0.338 e. The highest BCUT2D eigenvalue weighted by Crippen LogP contribution is 2.43. The number of ether oxygens (including phenoxy) is 1. The third-order valence-electron chi connectivity index (χ3n) is 8.80. The highest BCUT2D eigenvalue weighted by molar-refractivity contribution is 7.11. The molecule has 3 atom stereocenters. The van der Waals surface area contributed by atoms with Gasteiger partial charge in [0.15, 0.2) is 10.8 Å². The van der Waals surface area contributed by atoms with Crippen molar-refractivity contribution in [3.05, 3.63) is 62.5 Å². The predicted octanol–water partition coefficient (Wildman–Crippen LogP) is 4.70. The van der Waals surface area contributed by atoms with Crippen LogP contribution in [0.15, 0.2) is 39.8 Å². The number of fused-ring (bicyclic) bond motifs is 1. The quantitative estimate of drug-likeness (QED) is 0.363. The number of hydrogen-bond acceptors (Lipinski definition) is 9.